The molecule has 1 aromatic heterocycles. The summed E-state index contributed by atoms with van der Waals surface area (Å²) >= 11 is 0. The number of hydrogen-bond acceptors (Lipinski definition) is 4. The topological polar surface area (TPSA) is 52.8 Å². The standard InChI is InChI=1S/C15H11F3N4O/c16-15(17,18)12-4-1-3-11(7-12)9-23-14-6-2-5-13(8-14)22-10-19-20-21-22/h1-8,10H,9H2. The number of halogens is 3. The fraction of sp³-hybridized carbons (Fsp3) is 0.133. The maximum Gasteiger partial charge on any atom is 0.416 e. The fourth-order valence-electron chi connectivity index (χ4n) is 2.00. The summed E-state index contributed by atoms with van der Waals surface area (Å²) in [5.74, 6) is 0.510. The number of tetrazole rings is 1. The van der Waals surface area contributed by atoms with Crippen LogP contribution in [0.1, 0.15) is 11.1 Å². The lowest BCUT2D eigenvalue weighted by atomic mass is 10.1. The molecule has 0 saturated heterocycles. The summed E-state index contributed by atoms with van der Waals surface area (Å²) in [4.78, 5) is 0. The second kappa shape index (κ2) is 6.07. The molecule has 23 heavy (non-hydrogen) atoms. The van der Waals surface area contributed by atoms with E-state index in [1.165, 1.54) is 17.1 Å². The zero-order valence-corrected chi connectivity index (χ0v) is 11.7. The van der Waals surface area contributed by atoms with E-state index in [1.54, 1.807) is 30.3 Å². The molecule has 118 valence electrons. The Morgan fingerprint density at radius 2 is 1.87 bits per heavy atom. The molecule has 0 unspecified atom stereocenters. The van der Waals surface area contributed by atoms with Crippen LogP contribution in [0.5, 0.6) is 5.75 Å². The van der Waals surface area contributed by atoms with Gasteiger partial charge in [0.1, 0.15) is 18.7 Å². The number of nitrogens with zero attached hydrogens (tertiary/aromatic N) is 4. The van der Waals surface area contributed by atoms with Gasteiger partial charge in [-0.1, -0.05) is 18.2 Å². The maximum absolute atomic E-state index is 12.7. The van der Waals surface area contributed by atoms with E-state index < -0.39 is 11.7 Å². The predicted molar refractivity (Wildman–Crippen MR) is 74.9 cm³/mol. The molecule has 2 aromatic carbocycles. The van der Waals surface area contributed by atoms with E-state index in [0.717, 1.165) is 12.1 Å². The van der Waals surface area contributed by atoms with Crippen LogP contribution in [0.25, 0.3) is 5.69 Å². The summed E-state index contributed by atoms with van der Waals surface area (Å²) in [6.45, 7) is 0.0307. The molecule has 0 saturated carbocycles. The Morgan fingerprint density at radius 3 is 2.61 bits per heavy atom. The molecule has 8 heteroatoms. The third kappa shape index (κ3) is 3.65. The normalized spacial score (nSPS) is 11.4. The monoisotopic (exact) mass is 320 g/mol. The van der Waals surface area contributed by atoms with E-state index in [-0.39, 0.29) is 6.61 Å². The van der Waals surface area contributed by atoms with Gasteiger partial charge in [0.15, 0.2) is 0 Å². The Labute approximate surface area is 129 Å². The van der Waals surface area contributed by atoms with Gasteiger partial charge in [-0.25, -0.2) is 4.68 Å². The second-order valence-corrected chi connectivity index (χ2v) is 4.74. The van der Waals surface area contributed by atoms with E-state index in [0.29, 0.717) is 17.0 Å². The molecule has 5 nitrogen and oxygen atoms in total. The number of benzene rings is 2. The molecule has 0 radical (unpaired) electrons. The van der Waals surface area contributed by atoms with Gasteiger partial charge >= 0.3 is 6.18 Å². The number of aromatic nitrogens is 4. The minimum absolute atomic E-state index is 0.0307. The lowest BCUT2D eigenvalue weighted by Gasteiger charge is -2.10. The number of alkyl halides is 3. The lowest BCUT2D eigenvalue weighted by molar-refractivity contribution is -0.137. The number of ether oxygens (including phenoxy) is 1. The quantitative estimate of drug-likeness (QED) is 0.740. The van der Waals surface area contributed by atoms with Crippen molar-refractivity contribution in [2.45, 2.75) is 12.8 Å². The zero-order valence-electron chi connectivity index (χ0n) is 11.7. The van der Waals surface area contributed by atoms with Gasteiger partial charge in [0.25, 0.3) is 0 Å². The van der Waals surface area contributed by atoms with Crippen molar-refractivity contribution >= 4 is 0 Å². The van der Waals surface area contributed by atoms with Gasteiger partial charge in [-0.15, -0.1) is 5.10 Å². The van der Waals surface area contributed by atoms with Crippen molar-refractivity contribution < 1.29 is 17.9 Å². The van der Waals surface area contributed by atoms with Crippen LogP contribution in [-0.2, 0) is 12.8 Å². The van der Waals surface area contributed by atoms with Crippen molar-refractivity contribution in [1.82, 2.24) is 20.2 Å². The fourth-order valence-corrected chi connectivity index (χ4v) is 2.00. The highest BCUT2D eigenvalue weighted by atomic mass is 19.4. The van der Waals surface area contributed by atoms with Gasteiger partial charge in [-0.3, -0.25) is 0 Å². The first kappa shape index (κ1) is 15.0. The Hall–Kier alpha value is -2.90. The van der Waals surface area contributed by atoms with Gasteiger partial charge < -0.3 is 4.74 Å². The van der Waals surface area contributed by atoms with Crippen molar-refractivity contribution in [2.75, 3.05) is 0 Å². The Morgan fingerprint density at radius 1 is 1.04 bits per heavy atom. The molecule has 0 bridgehead atoms. The molecule has 0 aliphatic heterocycles. The summed E-state index contributed by atoms with van der Waals surface area (Å²) in [5.41, 5.74) is 0.435. The summed E-state index contributed by atoms with van der Waals surface area (Å²) in [6, 6.07) is 12.0. The molecule has 1 heterocycles. The van der Waals surface area contributed by atoms with Gasteiger partial charge in [-0.05, 0) is 40.3 Å². The summed E-state index contributed by atoms with van der Waals surface area (Å²) < 4.78 is 45.0. The third-order valence-electron chi connectivity index (χ3n) is 3.09. The molecule has 3 rings (SSSR count). The maximum atomic E-state index is 12.7. The highest BCUT2D eigenvalue weighted by molar-refractivity contribution is 5.38. The SMILES string of the molecule is FC(F)(F)c1cccc(COc2cccc(-n3cnnn3)c2)c1. The molecular weight excluding hydrogens is 309 g/mol. The van der Waals surface area contributed by atoms with E-state index in [1.807, 2.05) is 0 Å². The van der Waals surface area contributed by atoms with Crippen molar-refractivity contribution in [1.29, 1.82) is 0 Å². The van der Waals surface area contributed by atoms with Gasteiger partial charge in [0.2, 0.25) is 0 Å². The zero-order chi connectivity index (χ0) is 16.3. The molecule has 3 aromatic rings. The molecule has 0 fully saturated rings. The van der Waals surface area contributed by atoms with Crippen LogP contribution < -0.4 is 4.74 Å². The second-order valence-electron chi connectivity index (χ2n) is 4.74. The minimum atomic E-state index is -4.37. The molecular formula is C15H11F3N4O. The average Bonchev–Trinajstić information content (AvgIpc) is 3.07. The largest absolute Gasteiger partial charge is 0.489 e. The van der Waals surface area contributed by atoms with E-state index >= 15 is 0 Å². The van der Waals surface area contributed by atoms with Gasteiger partial charge in [0, 0.05) is 6.07 Å². The first-order valence-corrected chi connectivity index (χ1v) is 6.65. The van der Waals surface area contributed by atoms with Gasteiger partial charge in [-0.2, -0.15) is 13.2 Å². The molecule has 0 atom stereocenters. The highest BCUT2D eigenvalue weighted by Crippen LogP contribution is 2.29. The molecule has 0 N–H and O–H groups in total. The van der Waals surface area contributed by atoms with Crippen molar-refractivity contribution in [2.24, 2.45) is 0 Å². The van der Waals surface area contributed by atoms with Crippen molar-refractivity contribution in [3.63, 3.8) is 0 Å². The highest BCUT2D eigenvalue weighted by Gasteiger charge is 2.30. The summed E-state index contributed by atoms with van der Waals surface area (Å²) in [5, 5.41) is 10.8. The molecule has 0 spiro atoms. The van der Waals surface area contributed by atoms with Gasteiger partial charge in [0.05, 0.1) is 11.3 Å². The summed E-state index contributed by atoms with van der Waals surface area (Å²) in [7, 11) is 0. The molecule has 0 aliphatic rings. The number of rotatable bonds is 4. The van der Waals surface area contributed by atoms with Crippen LogP contribution in [0, 0.1) is 0 Å². The molecule has 0 aliphatic carbocycles. The number of hydrogen-bond donors (Lipinski definition) is 0. The van der Waals surface area contributed by atoms with E-state index in [4.69, 9.17) is 4.74 Å². The van der Waals surface area contributed by atoms with Crippen LogP contribution >= 0.6 is 0 Å². The minimum Gasteiger partial charge on any atom is -0.489 e. The van der Waals surface area contributed by atoms with E-state index in [2.05, 4.69) is 15.5 Å². The first-order valence-electron chi connectivity index (χ1n) is 6.65. The summed E-state index contributed by atoms with van der Waals surface area (Å²) in [6.07, 6.45) is -2.93. The third-order valence-corrected chi connectivity index (χ3v) is 3.09. The Bertz CT molecular complexity index is 787. The Kier molecular flexibility index (Phi) is 3.96. The van der Waals surface area contributed by atoms with Crippen molar-refractivity contribution in [3.8, 4) is 11.4 Å². The van der Waals surface area contributed by atoms with Crippen LogP contribution in [0.3, 0.4) is 0 Å². The van der Waals surface area contributed by atoms with Crippen LogP contribution in [0.2, 0.25) is 0 Å². The van der Waals surface area contributed by atoms with Crippen LogP contribution in [0.4, 0.5) is 13.2 Å². The average molecular weight is 320 g/mol. The lowest BCUT2D eigenvalue weighted by Crippen LogP contribution is -2.06. The van der Waals surface area contributed by atoms with Crippen LogP contribution in [-0.4, -0.2) is 20.2 Å². The van der Waals surface area contributed by atoms with Crippen LogP contribution in [0.15, 0.2) is 54.9 Å². The van der Waals surface area contributed by atoms with Crippen molar-refractivity contribution in [3.05, 3.63) is 66.0 Å². The Balaban J connectivity index is 1.73. The van der Waals surface area contributed by atoms with E-state index in [9.17, 15) is 13.2 Å². The predicted octanol–water partition coefficient (Wildman–Crippen LogP) is 3.26. The molecule has 0 amide bonds. The first-order chi connectivity index (χ1) is 11.0. The smallest absolute Gasteiger partial charge is 0.416 e.